The Hall–Kier alpha value is -0.120. The van der Waals surface area contributed by atoms with E-state index in [9.17, 15) is 5.11 Å². The third kappa shape index (κ3) is 4.71. The molecule has 3 heteroatoms. The second-order valence-corrected chi connectivity index (χ2v) is 7.47. The molecule has 20 heavy (non-hydrogen) atoms. The highest BCUT2D eigenvalue weighted by molar-refractivity contribution is 4.90. The van der Waals surface area contributed by atoms with Crippen LogP contribution in [-0.4, -0.2) is 48.3 Å². The molecule has 0 amide bonds. The lowest BCUT2D eigenvalue weighted by Gasteiger charge is -2.42. The Labute approximate surface area is 125 Å². The lowest BCUT2D eigenvalue weighted by atomic mass is 9.78. The monoisotopic (exact) mass is 282 g/mol. The largest absolute Gasteiger partial charge is 0.390 e. The topological polar surface area (TPSA) is 35.5 Å². The molecule has 0 spiro atoms. The summed E-state index contributed by atoms with van der Waals surface area (Å²) in [4.78, 5) is 2.61. The molecular weight excluding hydrogens is 248 g/mol. The number of nitrogens with zero attached hydrogens (tertiary/aromatic N) is 1. The third-order valence-electron chi connectivity index (χ3n) is 5.41. The van der Waals surface area contributed by atoms with E-state index >= 15 is 0 Å². The van der Waals surface area contributed by atoms with Crippen molar-refractivity contribution in [1.29, 1.82) is 0 Å². The van der Waals surface area contributed by atoms with Crippen molar-refractivity contribution >= 4 is 0 Å². The second kappa shape index (κ2) is 7.24. The molecule has 118 valence electrons. The Morgan fingerprint density at radius 2 is 1.60 bits per heavy atom. The molecule has 2 N–H and O–H groups in total. The smallest absolute Gasteiger partial charge is 0.0644 e. The maximum absolute atomic E-state index is 10.1. The number of hydrogen-bond donors (Lipinski definition) is 2. The van der Waals surface area contributed by atoms with Gasteiger partial charge in [-0.05, 0) is 44.6 Å². The molecule has 0 aromatic carbocycles. The molecular formula is C17H34N2O. The number of aliphatic hydroxyl groups is 1. The number of rotatable bonds is 5. The van der Waals surface area contributed by atoms with Crippen molar-refractivity contribution < 1.29 is 5.11 Å². The van der Waals surface area contributed by atoms with Crippen LogP contribution in [0.4, 0.5) is 0 Å². The van der Waals surface area contributed by atoms with E-state index in [4.69, 9.17) is 0 Å². The van der Waals surface area contributed by atoms with Crippen molar-refractivity contribution in [2.45, 2.75) is 70.8 Å². The average molecular weight is 282 g/mol. The third-order valence-corrected chi connectivity index (χ3v) is 5.41. The van der Waals surface area contributed by atoms with Crippen LogP contribution in [0.3, 0.4) is 0 Å². The number of piperidine rings is 1. The van der Waals surface area contributed by atoms with E-state index in [2.05, 4.69) is 17.1 Å². The molecule has 0 radical (unpaired) electrons. The van der Waals surface area contributed by atoms with Gasteiger partial charge in [0.25, 0.3) is 0 Å². The van der Waals surface area contributed by atoms with Crippen LogP contribution >= 0.6 is 0 Å². The summed E-state index contributed by atoms with van der Waals surface area (Å²) in [5.74, 6) is 0. The molecule has 2 aliphatic rings. The zero-order chi connectivity index (χ0) is 14.5. The van der Waals surface area contributed by atoms with Crippen LogP contribution in [0.25, 0.3) is 0 Å². The Balaban J connectivity index is 1.93. The summed E-state index contributed by atoms with van der Waals surface area (Å²) >= 11 is 0. The standard InChI is InChI=1S/C17H34N2O/c1-3-18-14-17(8-6-4-5-7-9-17)15-19-12-10-16(2,20)11-13-19/h18,20H,3-15H2,1-2H3. The minimum absolute atomic E-state index is 0.422. The van der Waals surface area contributed by atoms with Gasteiger partial charge in [-0.1, -0.05) is 32.6 Å². The summed E-state index contributed by atoms with van der Waals surface area (Å²) in [6.45, 7) is 9.83. The zero-order valence-corrected chi connectivity index (χ0v) is 13.6. The van der Waals surface area contributed by atoms with Crippen molar-refractivity contribution in [2.75, 3.05) is 32.7 Å². The maximum Gasteiger partial charge on any atom is 0.0644 e. The second-order valence-electron chi connectivity index (χ2n) is 7.47. The van der Waals surface area contributed by atoms with Gasteiger partial charge in [0.15, 0.2) is 0 Å². The normalized spacial score (nSPS) is 27.1. The van der Waals surface area contributed by atoms with E-state index < -0.39 is 5.60 Å². The van der Waals surface area contributed by atoms with Crippen LogP contribution in [0.5, 0.6) is 0 Å². The first-order chi connectivity index (χ1) is 9.55. The highest BCUT2D eigenvalue weighted by Gasteiger charge is 2.35. The molecule has 2 rings (SSSR count). The number of likely N-dealkylation sites (tertiary alicyclic amines) is 1. The molecule has 2 fully saturated rings. The molecule has 3 nitrogen and oxygen atoms in total. The maximum atomic E-state index is 10.1. The van der Waals surface area contributed by atoms with Gasteiger partial charge >= 0.3 is 0 Å². The summed E-state index contributed by atoms with van der Waals surface area (Å²) < 4.78 is 0. The van der Waals surface area contributed by atoms with Crippen LogP contribution in [0.2, 0.25) is 0 Å². The number of hydrogen-bond acceptors (Lipinski definition) is 3. The molecule has 0 aromatic heterocycles. The summed E-state index contributed by atoms with van der Waals surface area (Å²) in [6.07, 6.45) is 10.3. The first-order valence-corrected chi connectivity index (χ1v) is 8.71. The summed E-state index contributed by atoms with van der Waals surface area (Å²) in [7, 11) is 0. The lowest BCUT2D eigenvalue weighted by Crippen LogP contribution is -2.49. The van der Waals surface area contributed by atoms with E-state index in [-0.39, 0.29) is 0 Å². The molecule has 0 bridgehead atoms. The van der Waals surface area contributed by atoms with Crippen LogP contribution in [0.1, 0.15) is 65.2 Å². The van der Waals surface area contributed by atoms with Gasteiger partial charge in [0.2, 0.25) is 0 Å². The molecule has 0 unspecified atom stereocenters. The fraction of sp³-hybridized carbons (Fsp3) is 1.00. The van der Waals surface area contributed by atoms with E-state index in [1.54, 1.807) is 0 Å². The Morgan fingerprint density at radius 3 is 2.15 bits per heavy atom. The van der Waals surface area contributed by atoms with E-state index in [1.165, 1.54) is 51.6 Å². The average Bonchev–Trinajstić information content (AvgIpc) is 2.65. The van der Waals surface area contributed by atoms with Crippen LogP contribution in [0, 0.1) is 5.41 Å². The molecule has 0 aromatic rings. The SMILES string of the molecule is CCNCC1(CN2CCC(C)(O)CC2)CCCCCC1. The Morgan fingerprint density at radius 1 is 1.00 bits per heavy atom. The van der Waals surface area contributed by atoms with Crippen LogP contribution in [-0.2, 0) is 0 Å². The fourth-order valence-electron chi connectivity index (χ4n) is 3.93. The summed E-state index contributed by atoms with van der Waals surface area (Å²) in [5.41, 5.74) is 0.0600. The molecule has 1 aliphatic heterocycles. The minimum Gasteiger partial charge on any atom is -0.390 e. The van der Waals surface area contributed by atoms with E-state index in [0.717, 1.165) is 32.5 Å². The van der Waals surface area contributed by atoms with Crippen LogP contribution < -0.4 is 5.32 Å². The van der Waals surface area contributed by atoms with Crippen molar-refractivity contribution in [2.24, 2.45) is 5.41 Å². The summed E-state index contributed by atoms with van der Waals surface area (Å²) in [6, 6.07) is 0. The van der Waals surface area contributed by atoms with Gasteiger partial charge in [0, 0.05) is 26.2 Å². The van der Waals surface area contributed by atoms with Crippen molar-refractivity contribution in [3.8, 4) is 0 Å². The first kappa shape index (κ1) is 16.3. The van der Waals surface area contributed by atoms with Gasteiger partial charge in [-0.25, -0.2) is 0 Å². The van der Waals surface area contributed by atoms with E-state index in [1.807, 2.05) is 6.92 Å². The van der Waals surface area contributed by atoms with Gasteiger partial charge < -0.3 is 15.3 Å². The number of nitrogens with one attached hydrogen (secondary N) is 1. The predicted molar refractivity (Wildman–Crippen MR) is 85.0 cm³/mol. The first-order valence-electron chi connectivity index (χ1n) is 8.71. The highest BCUT2D eigenvalue weighted by Crippen LogP contribution is 2.36. The Kier molecular flexibility index (Phi) is 5.88. The van der Waals surface area contributed by atoms with Crippen molar-refractivity contribution in [3.05, 3.63) is 0 Å². The van der Waals surface area contributed by atoms with Gasteiger partial charge in [-0.2, -0.15) is 0 Å². The fourth-order valence-corrected chi connectivity index (χ4v) is 3.93. The molecule has 1 saturated heterocycles. The minimum atomic E-state index is -0.422. The van der Waals surface area contributed by atoms with Gasteiger partial charge in [0.1, 0.15) is 0 Å². The van der Waals surface area contributed by atoms with Crippen molar-refractivity contribution in [3.63, 3.8) is 0 Å². The molecule has 1 heterocycles. The lowest BCUT2D eigenvalue weighted by molar-refractivity contribution is -0.0176. The summed E-state index contributed by atoms with van der Waals surface area (Å²) in [5, 5.41) is 13.7. The molecule has 1 aliphatic carbocycles. The van der Waals surface area contributed by atoms with Crippen LogP contribution in [0.15, 0.2) is 0 Å². The van der Waals surface area contributed by atoms with Crippen molar-refractivity contribution in [1.82, 2.24) is 10.2 Å². The molecule has 0 atom stereocenters. The molecule has 1 saturated carbocycles. The van der Waals surface area contributed by atoms with Gasteiger partial charge in [0.05, 0.1) is 5.60 Å². The highest BCUT2D eigenvalue weighted by atomic mass is 16.3. The van der Waals surface area contributed by atoms with E-state index in [0.29, 0.717) is 5.41 Å². The van der Waals surface area contributed by atoms with Gasteiger partial charge in [-0.15, -0.1) is 0 Å². The Bertz CT molecular complexity index is 273. The zero-order valence-electron chi connectivity index (χ0n) is 13.6. The quantitative estimate of drug-likeness (QED) is 0.761. The predicted octanol–water partition coefficient (Wildman–Crippen LogP) is 2.78. The van der Waals surface area contributed by atoms with Gasteiger partial charge in [-0.3, -0.25) is 0 Å².